The van der Waals surface area contributed by atoms with Crippen LogP contribution in [-0.4, -0.2) is 45.9 Å². The van der Waals surface area contributed by atoms with Crippen LogP contribution in [-0.2, 0) is 28.8 Å². The van der Waals surface area contributed by atoms with Gasteiger partial charge in [-0.25, -0.2) is 9.37 Å². The minimum Gasteiger partial charge on any atom is -0.497 e. The largest absolute Gasteiger partial charge is 0.497 e. The van der Waals surface area contributed by atoms with E-state index in [0.717, 1.165) is 11.6 Å². The number of carbonyl (C=O) groups excluding carboxylic acids is 2. The summed E-state index contributed by atoms with van der Waals surface area (Å²) in [4.78, 5) is 29.7. The Morgan fingerprint density at radius 1 is 1.22 bits per heavy atom. The Morgan fingerprint density at radius 3 is 2.54 bits per heavy atom. The number of nitrogens with one attached hydrogen (secondary N) is 1. The van der Waals surface area contributed by atoms with Crippen LogP contribution in [0.4, 0.5) is 17.6 Å². The first-order valence-corrected chi connectivity index (χ1v) is 13.1. The molecule has 8 nitrogen and oxygen atoms in total. The van der Waals surface area contributed by atoms with Gasteiger partial charge in [0.2, 0.25) is 0 Å². The van der Waals surface area contributed by atoms with Gasteiger partial charge in [0, 0.05) is 31.5 Å². The van der Waals surface area contributed by atoms with E-state index in [1.807, 2.05) is 13.8 Å². The van der Waals surface area contributed by atoms with Crippen molar-refractivity contribution in [3.63, 3.8) is 0 Å². The van der Waals surface area contributed by atoms with Crippen molar-refractivity contribution in [1.29, 1.82) is 0 Å². The van der Waals surface area contributed by atoms with E-state index in [4.69, 9.17) is 9.47 Å². The third-order valence-electron chi connectivity index (χ3n) is 6.82. The van der Waals surface area contributed by atoms with Gasteiger partial charge in [0.15, 0.2) is 0 Å². The molecule has 0 spiro atoms. The van der Waals surface area contributed by atoms with E-state index in [2.05, 4.69) is 10.3 Å². The summed E-state index contributed by atoms with van der Waals surface area (Å²) in [5.74, 6) is -2.11. The van der Waals surface area contributed by atoms with Crippen LogP contribution in [0.3, 0.4) is 0 Å². The Kier molecular flexibility index (Phi) is 9.01. The highest BCUT2D eigenvalue weighted by molar-refractivity contribution is 5.94. The van der Waals surface area contributed by atoms with Crippen molar-refractivity contribution in [1.82, 2.24) is 14.9 Å². The van der Waals surface area contributed by atoms with E-state index in [0.29, 0.717) is 17.5 Å². The van der Waals surface area contributed by atoms with Gasteiger partial charge in [-0.1, -0.05) is 26.0 Å². The average Bonchev–Trinajstić information content (AvgIpc) is 3.30. The molecule has 1 saturated heterocycles. The number of amides is 1. The number of nitrogens with zero attached hydrogens (tertiary/aromatic N) is 2. The molecule has 0 aliphatic carbocycles. The number of hydrogen-bond donors (Lipinski definition) is 2. The zero-order valence-corrected chi connectivity index (χ0v) is 22.8. The first-order valence-electron chi connectivity index (χ1n) is 13.1. The minimum absolute atomic E-state index is 0.0158. The van der Waals surface area contributed by atoms with E-state index in [-0.39, 0.29) is 55.4 Å². The number of esters is 1. The van der Waals surface area contributed by atoms with Gasteiger partial charge in [-0.2, -0.15) is 13.2 Å². The second-order valence-corrected chi connectivity index (χ2v) is 10.2. The number of imidazole rings is 1. The highest BCUT2D eigenvalue weighted by Gasteiger charge is 2.35. The lowest BCUT2D eigenvalue weighted by Crippen LogP contribution is -2.33. The second-order valence-electron chi connectivity index (χ2n) is 10.2. The second kappa shape index (κ2) is 12.3. The van der Waals surface area contributed by atoms with Crippen molar-refractivity contribution in [2.24, 2.45) is 0 Å². The summed E-state index contributed by atoms with van der Waals surface area (Å²) < 4.78 is 66.8. The molecular formula is C29H31F4N3O5. The molecule has 2 N–H and O–H groups in total. The summed E-state index contributed by atoms with van der Waals surface area (Å²) >= 11 is 0. The summed E-state index contributed by atoms with van der Waals surface area (Å²) in [6.07, 6.45) is -6.13. The fraction of sp³-hybridized carbons (Fsp3) is 0.414. The number of ether oxygens (including phenoxy) is 2. The van der Waals surface area contributed by atoms with Crippen LogP contribution in [0.2, 0.25) is 0 Å². The van der Waals surface area contributed by atoms with Crippen molar-refractivity contribution in [3.05, 3.63) is 70.8 Å². The minimum atomic E-state index is -4.94. The van der Waals surface area contributed by atoms with Gasteiger partial charge in [0.25, 0.3) is 5.91 Å². The topological polar surface area (TPSA) is 103 Å². The lowest BCUT2D eigenvalue weighted by atomic mass is 10.0. The van der Waals surface area contributed by atoms with Crippen LogP contribution in [0.15, 0.2) is 42.5 Å². The third kappa shape index (κ3) is 7.05. The zero-order chi connectivity index (χ0) is 29.9. The number of methoxy groups -OCH3 is 1. The number of aliphatic hydroxyl groups excluding tert-OH is 1. The summed E-state index contributed by atoms with van der Waals surface area (Å²) in [5, 5.41) is 12.8. The Bertz CT molecular complexity index is 1400. The van der Waals surface area contributed by atoms with Crippen LogP contribution >= 0.6 is 0 Å². The summed E-state index contributed by atoms with van der Waals surface area (Å²) in [7, 11) is 1.54. The quantitative estimate of drug-likeness (QED) is 0.267. The van der Waals surface area contributed by atoms with Crippen molar-refractivity contribution in [2.45, 2.75) is 70.5 Å². The highest BCUT2D eigenvalue weighted by Crippen LogP contribution is 2.36. The molecule has 2 atom stereocenters. The molecule has 1 aliphatic rings. The van der Waals surface area contributed by atoms with Gasteiger partial charge in [-0.3, -0.25) is 9.59 Å². The number of alkyl halides is 3. The molecule has 12 heteroatoms. The molecule has 2 aromatic carbocycles. The average molecular weight is 578 g/mol. The molecule has 2 heterocycles. The van der Waals surface area contributed by atoms with Crippen LogP contribution in [0.5, 0.6) is 5.75 Å². The monoisotopic (exact) mass is 577 g/mol. The number of aromatic nitrogens is 2. The normalized spacial score (nSPS) is 17.4. The number of hydrogen-bond acceptors (Lipinski definition) is 6. The van der Waals surface area contributed by atoms with Crippen LogP contribution in [0.1, 0.15) is 66.3 Å². The molecule has 0 bridgehead atoms. The van der Waals surface area contributed by atoms with Crippen LogP contribution in [0.25, 0.3) is 11.4 Å². The van der Waals surface area contributed by atoms with Gasteiger partial charge >= 0.3 is 12.1 Å². The molecule has 1 aliphatic heterocycles. The summed E-state index contributed by atoms with van der Waals surface area (Å²) in [6.45, 7) is 3.90. The predicted molar refractivity (Wildman–Crippen MR) is 141 cm³/mol. The molecule has 3 aromatic rings. The van der Waals surface area contributed by atoms with Gasteiger partial charge in [-0.05, 0) is 41.8 Å². The van der Waals surface area contributed by atoms with Gasteiger partial charge in [-0.15, -0.1) is 0 Å². The SMILES string of the molecule is COc1ccc(CNC(=O)c2nc(-c3ccc(F)c(C(F)(F)F)c3)n(CC[C@@H]3C[C@@H](O)CC(=O)O3)c2C(C)C)cc1. The molecule has 1 fully saturated rings. The maximum absolute atomic E-state index is 14.1. The van der Waals surface area contributed by atoms with Crippen LogP contribution < -0.4 is 10.1 Å². The van der Waals surface area contributed by atoms with Crippen molar-refractivity contribution in [3.8, 4) is 17.1 Å². The maximum atomic E-state index is 14.1. The van der Waals surface area contributed by atoms with Gasteiger partial charge in [0.05, 0.1) is 30.9 Å². The van der Waals surface area contributed by atoms with E-state index in [9.17, 15) is 32.3 Å². The van der Waals surface area contributed by atoms with Crippen molar-refractivity contribution < 1.29 is 41.7 Å². The molecule has 0 saturated carbocycles. The van der Waals surface area contributed by atoms with Gasteiger partial charge < -0.3 is 24.5 Å². The number of aliphatic hydroxyl groups is 1. The first kappa shape index (κ1) is 30.0. The smallest absolute Gasteiger partial charge is 0.419 e. The summed E-state index contributed by atoms with van der Waals surface area (Å²) in [6, 6.07) is 9.62. The number of cyclic esters (lactones) is 1. The number of halogens is 4. The predicted octanol–water partition coefficient (Wildman–Crippen LogP) is 5.23. The zero-order valence-electron chi connectivity index (χ0n) is 22.8. The molecular weight excluding hydrogens is 546 g/mol. The van der Waals surface area contributed by atoms with Crippen molar-refractivity contribution in [2.75, 3.05) is 7.11 Å². The Balaban J connectivity index is 1.72. The lowest BCUT2D eigenvalue weighted by molar-refractivity contribution is -0.160. The Hall–Kier alpha value is -3.93. The van der Waals surface area contributed by atoms with E-state index >= 15 is 0 Å². The maximum Gasteiger partial charge on any atom is 0.419 e. The van der Waals surface area contributed by atoms with E-state index in [1.165, 1.54) is 13.2 Å². The van der Waals surface area contributed by atoms with E-state index < -0.39 is 41.6 Å². The first-order chi connectivity index (χ1) is 19.4. The summed E-state index contributed by atoms with van der Waals surface area (Å²) in [5.41, 5.74) is -0.230. The fourth-order valence-electron chi connectivity index (χ4n) is 4.87. The number of carbonyl (C=O) groups is 2. The molecule has 1 amide bonds. The highest BCUT2D eigenvalue weighted by atomic mass is 19.4. The Labute approximate surface area is 234 Å². The van der Waals surface area contributed by atoms with E-state index in [1.54, 1.807) is 28.8 Å². The van der Waals surface area contributed by atoms with Crippen molar-refractivity contribution >= 4 is 11.9 Å². The molecule has 0 unspecified atom stereocenters. The van der Waals surface area contributed by atoms with Crippen LogP contribution in [0, 0.1) is 5.82 Å². The number of benzene rings is 2. The molecule has 0 radical (unpaired) electrons. The lowest BCUT2D eigenvalue weighted by Gasteiger charge is -2.26. The molecule has 1 aromatic heterocycles. The van der Waals surface area contributed by atoms with Gasteiger partial charge in [0.1, 0.15) is 29.2 Å². The molecule has 220 valence electrons. The number of rotatable bonds is 9. The standard InChI is InChI=1S/C29H31F4N3O5/c1-16(2)26-25(28(39)34-15-17-4-7-20(40-3)8-5-17)35-27(18-6-9-23(30)22(12-18)29(31,32)33)36(26)11-10-21-13-19(37)14-24(38)41-21/h4-9,12,16,19,21,37H,10-11,13-15H2,1-3H3,(H,34,39)/t19-,21-/m1/s1. The third-order valence-corrected chi connectivity index (χ3v) is 6.82. The molecule has 41 heavy (non-hydrogen) atoms. The molecule has 4 rings (SSSR count). The Morgan fingerprint density at radius 2 is 1.93 bits per heavy atom. The fourth-order valence-corrected chi connectivity index (χ4v) is 4.87.